The van der Waals surface area contributed by atoms with Gasteiger partial charge in [0.25, 0.3) is 0 Å². The first-order chi connectivity index (χ1) is 9.24. The zero-order chi connectivity index (χ0) is 13.2. The summed E-state index contributed by atoms with van der Waals surface area (Å²) in [5.74, 6) is 2.40. The van der Waals surface area contributed by atoms with Crippen LogP contribution in [-0.4, -0.2) is 25.3 Å². The van der Waals surface area contributed by atoms with Crippen LogP contribution in [0.1, 0.15) is 31.7 Å². The minimum Gasteiger partial charge on any atom is -0.508 e. The van der Waals surface area contributed by atoms with Crippen LogP contribution < -0.4 is 14.8 Å². The molecule has 4 heteroatoms. The summed E-state index contributed by atoms with van der Waals surface area (Å²) in [6.07, 6.45) is 3.98. The third-order valence-corrected chi connectivity index (χ3v) is 4.09. The van der Waals surface area contributed by atoms with E-state index in [0.717, 1.165) is 23.8 Å². The number of hydrogen-bond acceptors (Lipinski definition) is 3. The predicted octanol–water partition coefficient (Wildman–Crippen LogP) is 2.58. The van der Waals surface area contributed by atoms with E-state index in [-0.39, 0.29) is 38.8 Å². The van der Waals surface area contributed by atoms with Crippen molar-refractivity contribution in [3.63, 3.8) is 0 Å². The fraction of sp³-hybridized carbons (Fsp3) is 0.562. The first-order valence-corrected chi connectivity index (χ1v) is 7.15. The molecule has 20 heavy (non-hydrogen) atoms. The van der Waals surface area contributed by atoms with Crippen molar-refractivity contribution < 1.29 is 42.2 Å². The topological polar surface area (TPSA) is 30.5 Å². The van der Waals surface area contributed by atoms with Gasteiger partial charge in [0.15, 0.2) is 0 Å². The molecular formula is C16H21NO2Y-2. The van der Waals surface area contributed by atoms with E-state index in [4.69, 9.17) is 9.47 Å². The Morgan fingerprint density at radius 3 is 2.95 bits per heavy atom. The van der Waals surface area contributed by atoms with Gasteiger partial charge in [-0.05, 0) is 18.8 Å². The maximum atomic E-state index is 5.90. The molecule has 0 aromatic heterocycles. The first-order valence-electron chi connectivity index (χ1n) is 7.15. The number of ether oxygens (including phenoxy) is 2. The molecule has 1 fully saturated rings. The van der Waals surface area contributed by atoms with Crippen LogP contribution in [0.25, 0.3) is 0 Å². The van der Waals surface area contributed by atoms with E-state index in [0.29, 0.717) is 18.4 Å². The molecule has 1 aliphatic heterocycles. The second-order valence-electron chi connectivity index (χ2n) is 5.58. The van der Waals surface area contributed by atoms with Gasteiger partial charge < -0.3 is 33.3 Å². The summed E-state index contributed by atoms with van der Waals surface area (Å²) in [5.41, 5.74) is 0.834. The summed E-state index contributed by atoms with van der Waals surface area (Å²) in [6.45, 7) is 7.58. The summed E-state index contributed by atoms with van der Waals surface area (Å²) in [4.78, 5) is 0. The smallest absolute Gasteiger partial charge is 0.142 e. The van der Waals surface area contributed by atoms with Crippen LogP contribution in [-0.2, 0) is 32.7 Å². The molecule has 1 aromatic carbocycles. The molecule has 0 amide bonds. The second-order valence-corrected chi connectivity index (χ2v) is 5.58. The Morgan fingerprint density at radius 1 is 1.40 bits per heavy atom. The number of fused-ring (bicyclic) bond motifs is 1. The average Bonchev–Trinajstić information content (AvgIpc) is 2.36. The minimum atomic E-state index is 0. The molecule has 107 valence electrons. The van der Waals surface area contributed by atoms with E-state index < -0.39 is 0 Å². The van der Waals surface area contributed by atoms with Crippen LogP contribution in [0.5, 0.6) is 11.5 Å². The first kappa shape index (κ1) is 16.1. The number of benzene rings is 1. The van der Waals surface area contributed by atoms with Gasteiger partial charge in [-0.15, -0.1) is 6.07 Å². The molecule has 1 unspecified atom stereocenters. The molecule has 3 nitrogen and oxygen atoms in total. The van der Waals surface area contributed by atoms with Crippen LogP contribution in [0, 0.1) is 18.9 Å². The van der Waals surface area contributed by atoms with Crippen molar-refractivity contribution in [2.24, 2.45) is 5.92 Å². The van der Waals surface area contributed by atoms with Gasteiger partial charge in [0.2, 0.25) is 0 Å². The molecule has 1 saturated carbocycles. The van der Waals surface area contributed by atoms with Gasteiger partial charge in [-0.3, -0.25) is 6.07 Å². The van der Waals surface area contributed by atoms with Gasteiger partial charge in [0.1, 0.15) is 18.5 Å². The summed E-state index contributed by atoms with van der Waals surface area (Å²) in [7, 11) is 0. The van der Waals surface area contributed by atoms with E-state index >= 15 is 0 Å². The van der Waals surface area contributed by atoms with Crippen LogP contribution in [0.3, 0.4) is 0 Å². The van der Waals surface area contributed by atoms with Crippen molar-refractivity contribution in [3.05, 3.63) is 30.7 Å². The largest absolute Gasteiger partial charge is 0.508 e. The van der Waals surface area contributed by atoms with E-state index in [2.05, 4.69) is 25.2 Å². The third kappa shape index (κ3) is 3.69. The van der Waals surface area contributed by atoms with Gasteiger partial charge in [-0.1, -0.05) is 13.3 Å². The summed E-state index contributed by atoms with van der Waals surface area (Å²) >= 11 is 0. The number of nitrogens with one attached hydrogen (secondary N) is 1. The Hall–Kier alpha value is -0.246. The van der Waals surface area contributed by atoms with Gasteiger partial charge in [-0.25, -0.2) is 0 Å². The van der Waals surface area contributed by atoms with E-state index in [1.807, 2.05) is 12.1 Å². The van der Waals surface area contributed by atoms with E-state index in [1.54, 1.807) is 0 Å². The van der Waals surface area contributed by atoms with Gasteiger partial charge in [0.05, 0.1) is 0 Å². The molecular weight excluding hydrogens is 327 g/mol. The Bertz CT molecular complexity index is 446. The molecule has 1 aliphatic carbocycles. The van der Waals surface area contributed by atoms with Crippen molar-refractivity contribution in [1.29, 1.82) is 0 Å². The minimum absolute atomic E-state index is 0. The Balaban J connectivity index is 0.00000147. The zero-order valence-corrected chi connectivity index (χ0v) is 14.9. The zero-order valence-electron chi connectivity index (χ0n) is 12.0. The van der Waals surface area contributed by atoms with Gasteiger partial charge >= 0.3 is 0 Å². The van der Waals surface area contributed by atoms with Crippen LogP contribution in [0.2, 0.25) is 0 Å². The third-order valence-electron chi connectivity index (χ3n) is 4.09. The van der Waals surface area contributed by atoms with Gasteiger partial charge in [0, 0.05) is 51.0 Å². The fourth-order valence-corrected chi connectivity index (χ4v) is 2.72. The molecule has 1 aromatic rings. The Labute approximate surface area is 146 Å². The maximum absolute atomic E-state index is 5.90. The summed E-state index contributed by atoms with van der Waals surface area (Å²) in [5, 5.41) is 3.56. The Kier molecular flexibility index (Phi) is 5.77. The van der Waals surface area contributed by atoms with Crippen LogP contribution in [0.15, 0.2) is 12.1 Å². The standard InChI is InChI=1S/C16H21NO2.Y/c1-3-12-7-13(8-12)17-9-14-10-18-15-5-4-11(2)6-16(15)19-14;/h4-5,12-14,17H,2-3,7-10H2,1H3;/q-2;. The second kappa shape index (κ2) is 7.15. The molecule has 0 saturated heterocycles. The quantitative estimate of drug-likeness (QED) is 0.849. The van der Waals surface area contributed by atoms with Crippen molar-refractivity contribution in [2.75, 3.05) is 13.2 Å². The van der Waals surface area contributed by atoms with E-state index in [1.165, 1.54) is 19.3 Å². The molecule has 1 N–H and O–H groups in total. The Morgan fingerprint density at radius 2 is 2.20 bits per heavy atom. The SMILES string of the molecule is [CH2-]c1[c-]c2c(cc1)OCC(CNC1CC(CC)C1)O2.[Y]. The van der Waals surface area contributed by atoms with Crippen LogP contribution >= 0.6 is 0 Å². The number of rotatable bonds is 4. The normalized spacial score (nSPS) is 27.4. The monoisotopic (exact) mass is 348 g/mol. The molecule has 3 rings (SSSR count). The molecule has 0 spiro atoms. The van der Waals surface area contributed by atoms with E-state index in [9.17, 15) is 0 Å². The number of hydrogen-bond donors (Lipinski definition) is 1. The molecule has 2 aliphatic rings. The van der Waals surface area contributed by atoms with Crippen molar-refractivity contribution >= 4 is 0 Å². The van der Waals surface area contributed by atoms with Crippen molar-refractivity contribution in [3.8, 4) is 11.5 Å². The summed E-state index contributed by atoms with van der Waals surface area (Å²) in [6, 6.07) is 7.56. The van der Waals surface area contributed by atoms with Gasteiger partial charge in [-0.2, -0.15) is 0 Å². The maximum Gasteiger partial charge on any atom is 0.142 e. The summed E-state index contributed by atoms with van der Waals surface area (Å²) < 4.78 is 11.6. The molecule has 1 radical (unpaired) electrons. The molecule has 1 atom stereocenters. The molecule has 0 bridgehead atoms. The average molecular weight is 348 g/mol. The predicted molar refractivity (Wildman–Crippen MR) is 74.5 cm³/mol. The molecule has 1 heterocycles. The van der Waals surface area contributed by atoms with Crippen LogP contribution in [0.4, 0.5) is 0 Å². The fourth-order valence-electron chi connectivity index (χ4n) is 2.72. The van der Waals surface area contributed by atoms with Crippen molar-refractivity contribution in [1.82, 2.24) is 5.32 Å². The van der Waals surface area contributed by atoms with Crippen molar-refractivity contribution in [2.45, 2.75) is 38.3 Å².